The summed E-state index contributed by atoms with van der Waals surface area (Å²) in [4.78, 5) is 14.6. The smallest absolute Gasteiger partial charge is 0.237 e. The Morgan fingerprint density at radius 2 is 2.05 bits per heavy atom. The van der Waals surface area contributed by atoms with Crippen molar-refractivity contribution in [1.29, 1.82) is 0 Å². The zero-order valence-corrected chi connectivity index (χ0v) is 12.5. The van der Waals surface area contributed by atoms with Crippen LogP contribution in [0.4, 0.5) is 0 Å². The van der Waals surface area contributed by atoms with Crippen molar-refractivity contribution < 1.29 is 14.3 Å². The van der Waals surface area contributed by atoms with E-state index >= 15 is 0 Å². The third-order valence-corrected chi connectivity index (χ3v) is 5.54. The Morgan fingerprint density at radius 3 is 2.67 bits per heavy atom. The topological polar surface area (TPSA) is 50.8 Å². The maximum absolute atomic E-state index is 12.3. The van der Waals surface area contributed by atoms with E-state index < -0.39 is 0 Å². The first-order chi connectivity index (χ1) is 10.2. The van der Waals surface area contributed by atoms with Gasteiger partial charge in [-0.1, -0.05) is 12.2 Å². The molecule has 1 amide bonds. The van der Waals surface area contributed by atoms with Crippen molar-refractivity contribution in [2.45, 2.75) is 44.1 Å². The second kappa shape index (κ2) is 5.38. The number of rotatable bonds is 4. The van der Waals surface area contributed by atoms with E-state index in [-0.39, 0.29) is 30.3 Å². The molecule has 4 heterocycles. The summed E-state index contributed by atoms with van der Waals surface area (Å²) in [7, 11) is 0. The molecule has 0 spiro atoms. The number of carbonyl (C=O) groups is 1. The molecule has 3 fully saturated rings. The Hall–Kier alpha value is -0.910. The van der Waals surface area contributed by atoms with Gasteiger partial charge in [0.1, 0.15) is 0 Å². The number of hydrogen-bond donors (Lipinski definition) is 1. The lowest BCUT2D eigenvalue weighted by Gasteiger charge is -2.25. The average molecular weight is 292 g/mol. The Balaban J connectivity index is 1.29. The second-order valence-corrected chi connectivity index (χ2v) is 6.79. The lowest BCUT2D eigenvalue weighted by Crippen LogP contribution is -2.46. The van der Waals surface area contributed by atoms with Crippen LogP contribution >= 0.6 is 0 Å². The van der Waals surface area contributed by atoms with E-state index in [0.29, 0.717) is 18.4 Å². The molecule has 116 valence electrons. The van der Waals surface area contributed by atoms with Crippen LogP contribution in [-0.2, 0) is 14.3 Å². The maximum Gasteiger partial charge on any atom is 0.237 e. The second-order valence-electron chi connectivity index (χ2n) is 6.79. The summed E-state index contributed by atoms with van der Waals surface area (Å²) in [6.07, 6.45) is 7.34. The number of hydrogen-bond acceptors (Lipinski definition) is 4. The zero-order chi connectivity index (χ0) is 14.4. The molecule has 3 saturated heterocycles. The number of nitrogens with zero attached hydrogens (tertiary/aromatic N) is 1. The van der Waals surface area contributed by atoms with Gasteiger partial charge in [-0.2, -0.15) is 0 Å². The van der Waals surface area contributed by atoms with Gasteiger partial charge in [0.25, 0.3) is 0 Å². The van der Waals surface area contributed by atoms with Gasteiger partial charge in [0.15, 0.2) is 0 Å². The van der Waals surface area contributed by atoms with Crippen LogP contribution in [0.3, 0.4) is 0 Å². The molecule has 5 nitrogen and oxygen atoms in total. The summed E-state index contributed by atoms with van der Waals surface area (Å²) in [5, 5.41) is 3.05. The molecule has 2 bridgehead atoms. The highest BCUT2D eigenvalue weighted by atomic mass is 16.5. The highest BCUT2D eigenvalue weighted by molar-refractivity contribution is 5.81. The first-order valence-electron chi connectivity index (χ1n) is 8.19. The first kappa shape index (κ1) is 13.7. The summed E-state index contributed by atoms with van der Waals surface area (Å²) in [5.41, 5.74) is 0. The number of nitrogens with one attached hydrogen (secondary N) is 1. The van der Waals surface area contributed by atoms with Gasteiger partial charge < -0.3 is 14.8 Å². The van der Waals surface area contributed by atoms with Crippen LogP contribution in [0.2, 0.25) is 0 Å². The molecular weight excluding hydrogens is 268 g/mol. The van der Waals surface area contributed by atoms with Crippen molar-refractivity contribution in [3.8, 4) is 0 Å². The first-order valence-corrected chi connectivity index (χ1v) is 8.19. The van der Waals surface area contributed by atoms with Crippen molar-refractivity contribution in [3.05, 3.63) is 12.2 Å². The van der Waals surface area contributed by atoms with Gasteiger partial charge in [0.05, 0.1) is 24.4 Å². The zero-order valence-electron chi connectivity index (χ0n) is 12.5. The van der Waals surface area contributed by atoms with Gasteiger partial charge in [-0.05, 0) is 19.8 Å². The molecule has 0 aromatic rings. The van der Waals surface area contributed by atoms with E-state index in [9.17, 15) is 4.79 Å². The fraction of sp³-hybridized carbons (Fsp3) is 0.812. The number of ether oxygens (including phenoxy) is 2. The molecule has 6 atom stereocenters. The Labute approximate surface area is 125 Å². The molecule has 0 aromatic heterocycles. The number of fused-ring (bicyclic) bond motifs is 5. The molecule has 5 heteroatoms. The van der Waals surface area contributed by atoms with E-state index in [2.05, 4.69) is 22.4 Å². The number of carbonyl (C=O) groups excluding carboxylic acids is 1. The van der Waals surface area contributed by atoms with Crippen LogP contribution in [-0.4, -0.2) is 61.4 Å². The lowest BCUT2D eigenvalue weighted by molar-refractivity contribution is -0.126. The number of likely N-dealkylation sites (tertiary alicyclic amines) is 1. The molecule has 0 saturated carbocycles. The SMILES string of the molecule is CC(C(=O)NCC1CCCO1)N1CC2C3C=CC(O3)C2C1. The molecule has 21 heavy (non-hydrogen) atoms. The van der Waals surface area contributed by atoms with Crippen LogP contribution in [0, 0.1) is 11.8 Å². The van der Waals surface area contributed by atoms with Crippen LogP contribution in [0.5, 0.6) is 0 Å². The van der Waals surface area contributed by atoms with Crippen molar-refractivity contribution in [1.82, 2.24) is 10.2 Å². The van der Waals surface area contributed by atoms with Gasteiger partial charge in [-0.3, -0.25) is 9.69 Å². The predicted molar refractivity (Wildman–Crippen MR) is 77.8 cm³/mol. The largest absolute Gasteiger partial charge is 0.376 e. The molecule has 4 rings (SSSR count). The van der Waals surface area contributed by atoms with E-state index in [0.717, 1.165) is 32.5 Å². The Bertz CT molecular complexity index is 427. The third kappa shape index (κ3) is 2.41. The van der Waals surface area contributed by atoms with Crippen molar-refractivity contribution >= 4 is 5.91 Å². The average Bonchev–Trinajstić information content (AvgIpc) is 3.25. The fourth-order valence-electron chi connectivity index (χ4n) is 4.21. The van der Waals surface area contributed by atoms with Gasteiger partial charge in [-0.25, -0.2) is 0 Å². The van der Waals surface area contributed by atoms with Crippen LogP contribution in [0.25, 0.3) is 0 Å². The summed E-state index contributed by atoms with van der Waals surface area (Å²) in [6, 6.07) is -0.0589. The minimum Gasteiger partial charge on any atom is -0.376 e. The fourth-order valence-corrected chi connectivity index (χ4v) is 4.21. The van der Waals surface area contributed by atoms with Gasteiger partial charge in [-0.15, -0.1) is 0 Å². The van der Waals surface area contributed by atoms with Crippen molar-refractivity contribution in [2.24, 2.45) is 11.8 Å². The molecule has 0 radical (unpaired) electrons. The predicted octanol–water partition coefficient (Wildman–Crippen LogP) is 0.555. The van der Waals surface area contributed by atoms with E-state index in [4.69, 9.17) is 9.47 Å². The highest BCUT2D eigenvalue weighted by Crippen LogP contribution is 2.43. The molecule has 4 aliphatic rings. The van der Waals surface area contributed by atoms with Gasteiger partial charge in [0, 0.05) is 38.1 Å². The van der Waals surface area contributed by atoms with Crippen LogP contribution in [0.15, 0.2) is 12.2 Å². The number of amides is 1. The van der Waals surface area contributed by atoms with E-state index in [1.165, 1.54) is 0 Å². The van der Waals surface area contributed by atoms with Crippen molar-refractivity contribution in [3.63, 3.8) is 0 Å². The highest BCUT2D eigenvalue weighted by Gasteiger charge is 2.51. The minimum absolute atomic E-state index is 0.0589. The van der Waals surface area contributed by atoms with E-state index in [1.807, 2.05) is 6.92 Å². The maximum atomic E-state index is 12.3. The molecule has 0 aliphatic carbocycles. The van der Waals surface area contributed by atoms with Crippen molar-refractivity contribution in [2.75, 3.05) is 26.2 Å². The third-order valence-electron chi connectivity index (χ3n) is 5.54. The molecule has 1 N–H and O–H groups in total. The normalized spacial score (nSPS) is 42.4. The quantitative estimate of drug-likeness (QED) is 0.769. The minimum atomic E-state index is -0.0589. The lowest BCUT2D eigenvalue weighted by atomic mass is 9.86. The molecule has 4 aliphatic heterocycles. The van der Waals surface area contributed by atoms with Crippen LogP contribution in [0.1, 0.15) is 19.8 Å². The molecule has 0 aromatic carbocycles. The standard InChI is InChI=1S/C16H24N2O3/c1-10(16(19)17-7-11-3-2-6-20-11)18-8-12-13(9-18)15-5-4-14(12)21-15/h4-5,10-15H,2-3,6-9H2,1H3,(H,17,19). The molecular formula is C16H24N2O3. The summed E-state index contributed by atoms with van der Waals surface area (Å²) < 4.78 is 11.4. The summed E-state index contributed by atoms with van der Waals surface area (Å²) in [6.45, 7) is 5.46. The monoisotopic (exact) mass is 292 g/mol. The van der Waals surface area contributed by atoms with E-state index in [1.54, 1.807) is 0 Å². The van der Waals surface area contributed by atoms with Crippen LogP contribution < -0.4 is 5.32 Å². The van der Waals surface area contributed by atoms with Gasteiger partial charge >= 0.3 is 0 Å². The Kier molecular flexibility index (Phi) is 3.52. The van der Waals surface area contributed by atoms with Gasteiger partial charge in [0.2, 0.25) is 5.91 Å². The molecule has 6 unspecified atom stereocenters. The Morgan fingerprint density at radius 1 is 1.33 bits per heavy atom. The summed E-state index contributed by atoms with van der Waals surface area (Å²) in [5.74, 6) is 1.29. The summed E-state index contributed by atoms with van der Waals surface area (Å²) >= 11 is 0.